The molecule has 4 nitrogen and oxygen atoms in total. The van der Waals surface area contributed by atoms with Crippen LogP contribution in [0.3, 0.4) is 0 Å². The van der Waals surface area contributed by atoms with E-state index in [0.29, 0.717) is 12.0 Å². The largest absolute Gasteiger partial charge is 0.494 e. The number of aliphatic hydroxyl groups excluding tert-OH is 1. The Morgan fingerprint density at radius 2 is 2.32 bits per heavy atom. The molecule has 0 spiro atoms. The molecular formula is C14H18FNO3. The topological polar surface area (TPSA) is 58.6 Å². The van der Waals surface area contributed by atoms with Gasteiger partial charge in [0.15, 0.2) is 11.6 Å². The summed E-state index contributed by atoms with van der Waals surface area (Å²) in [7, 11) is 1.39. The maximum absolute atomic E-state index is 13.4. The molecule has 104 valence electrons. The molecule has 0 aliphatic heterocycles. The highest BCUT2D eigenvalue weighted by molar-refractivity contribution is 5.91. The molecule has 1 aromatic carbocycles. The van der Waals surface area contributed by atoms with Crippen molar-refractivity contribution in [1.82, 2.24) is 5.32 Å². The van der Waals surface area contributed by atoms with Gasteiger partial charge in [0.1, 0.15) is 0 Å². The molecule has 0 radical (unpaired) electrons. The van der Waals surface area contributed by atoms with Gasteiger partial charge in [-0.2, -0.15) is 0 Å². The van der Waals surface area contributed by atoms with Gasteiger partial charge in [0, 0.05) is 6.08 Å². The van der Waals surface area contributed by atoms with Crippen LogP contribution < -0.4 is 10.1 Å². The number of ether oxygens (including phenoxy) is 1. The zero-order valence-electron chi connectivity index (χ0n) is 11.0. The summed E-state index contributed by atoms with van der Waals surface area (Å²) in [6.45, 7) is 1.76. The van der Waals surface area contributed by atoms with Crippen molar-refractivity contribution in [3.05, 3.63) is 35.7 Å². The maximum atomic E-state index is 13.4. The summed E-state index contributed by atoms with van der Waals surface area (Å²) < 4.78 is 18.2. The van der Waals surface area contributed by atoms with Gasteiger partial charge >= 0.3 is 0 Å². The lowest BCUT2D eigenvalue weighted by Crippen LogP contribution is -2.35. The predicted molar refractivity (Wildman–Crippen MR) is 71.3 cm³/mol. The number of carbonyl (C=O) groups excluding carboxylic acids is 1. The Morgan fingerprint density at radius 1 is 1.58 bits per heavy atom. The van der Waals surface area contributed by atoms with Crippen LogP contribution in [0.4, 0.5) is 4.39 Å². The van der Waals surface area contributed by atoms with Crippen LogP contribution >= 0.6 is 0 Å². The summed E-state index contributed by atoms with van der Waals surface area (Å²) in [6, 6.07) is 4.17. The highest BCUT2D eigenvalue weighted by Crippen LogP contribution is 2.18. The summed E-state index contributed by atoms with van der Waals surface area (Å²) in [5.74, 6) is -0.642. The molecule has 0 aliphatic rings. The van der Waals surface area contributed by atoms with E-state index in [-0.39, 0.29) is 24.3 Å². The number of halogens is 1. The summed E-state index contributed by atoms with van der Waals surface area (Å²) in [6.07, 6.45) is 3.45. The Bertz CT molecular complexity index is 456. The molecule has 5 heteroatoms. The Hall–Kier alpha value is -1.88. The average molecular weight is 267 g/mol. The van der Waals surface area contributed by atoms with E-state index in [1.54, 1.807) is 6.07 Å². The minimum absolute atomic E-state index is 0.104. The Balaban J connectivity index is 2.66. The second-order valence-electron chi connectivity index (χ2n) is 4.02. The van der Waals surface area contributed by atoms with Crippen LogP contribution in [0.5, 0.6) is 5.75 Å². The summed E-state index contributed by atoms with van der Waals surface area (Å²) in [5.41, 5.74) is 0.561. The van der Waals surface area contributed by atoms with Crippen LogP contribution in [-0.4, -0.2) is 30.8 Å². The molecule has 0 aromatic heterocycles. The smallest absolute Gasteiger partial charge is 0.244 e. The van der Waals surface area contributed by atoms with Crippen LogP contribution in [0.2, 0.25) is 0 Å². The first-order valence-corrected chi connectivity index (χ1v) is 6.03. The van der Waals surface area contributed by atoms with E-state index in [1.807, 2.05) is 6.92 Å². The number of nitrogens with one attached hydrogen (secondary N) is 1. The van der Waals surface area contributed by atoms with E-state index in [0.717, 1.165) is 0 Å². The van der Waals surface area contributed by atoms with Crippen LogP contribution in [0.1, 0.15) is 18.9 Å². The third-order valence-corrected chi connectivity index (χ3v) is 2.66. The third kappa shape index (κ3) is 4.71. The lowest BCUT2D eigenvalue weighted by molar-refractivity contribution is -0.117. The molecule has 1 rings (SSSR count). The zero-order chi connectivity index (χ0) is 14.3. The Labute approximate surface area is 111 Å². The monoisotopic (exact) mass is 267 g/mol. The molecule has 1 unspecified atom stereocenters. The van der Waals surface area contributed by atoms with Crippen LogP contribution in [-0.2, 0) is 4.79 Å². The molecule has 0 saturated carbocycles. The molecule has 19 heavy (non-hydrogen) atoms. The number of carbonyl (C=O) groups is 1. The molecule has 0 heterocycles. The van der Waals surface area contributed by atoms with Gasteiger partial charge in [0.2, 0.25) is 5.91 Å². The number of rotatable bonds is 6. The fraction of sp³-hybridized carbons (Fsp3) is 0.357. The number of amides is 1. The molecule has 1 aromatic rings. The first kappa shape index (κ1) is 15.2. The number of benzene rings is 1. The number of hydrogen-bond acceptors (Lipinski definition) is 3. The molecule has 1 atom stereocenters. The normalized spacial score (nSPS) is 12.4. The van der Waals surface area contributed by atoms with E-state index in [2.05, 4.69) is 5.32 Å². The van der Waals surface area contributed by atoms with Crippen LogP contribution in [0.15, 0.2) is 24.3 Å². The van der Waals surface area contributed by atoms with Gasteiger partial charge in [-0.3, -0.25) is 4.79 Å². The first-order valence-electron chi connectivity index (χ1n) is 6.03. The summed E-state index contributed by atoms with van der Waals surface area (Å²) in [5, 5.41) is 11.6. The molecule has 0 fully saturated rings. The van der Waals surface area contributed by atoms with Gasteiger partial charge in [-0.05, 0) is 30.2 Å². The van der Waals surface area contributed by atoms with Crippen molar-refractivity contribution in [2.24, 2.45) is 0 Å². The quantitative estimate of drug-likeness (QED) is 0.772. The second kappa shape index (κ2) is 7.53. The molecule has 0 saturated heterocycles. The second-order valence-corrected chi connectivity index (χ2v) is 4.02. The molecule has 1 amide bonds. The molecular weight excluding hydrogens is 249 g/mol. The minimum Gasteiger partial charge on any atom is -0.494 e. The van der Waals surface area contributed by atoms with Gasteiger partial charge in [0.25, 0.3) is 0 Å². The van der Waals surface area contributed by atoms with Gasteiger partial charge in [0.05, 0.1) is 19.8 Å². The molecule has 0 bridgehead atoms. The summed E-state index contributed by atoms with van der Waals surface area (Å²) >= 11 is 0. The SMILES string of the molecule is CCC(CO)NC(=O)/C=C/c1ccc(OC)c(F)c1. The standard InChI is InChI=1S/C14H18FNO3/c1-3-11(9-17)16-14(18)7-5-10-4-6-13(19-2)12(15)8-10/h4-8,11,17H,3,9H2,1-2H3,(H,16,18)/b7-5+. The van der Waals surface area contributed by atoms with Crippen molar-refractivity contribution in [2.45, 2.75) is 19.4 Å². The number of aliphatic hydroxyl groups is 1. The van der Waals surface area contributed by atoms with Crippen molar-refractivity contribution < 1.29 is 19.0 Å². The minimum atomic E-state index is -0.480. The van der Waals surface area contributed by atoms with E-state index >= 15 is 0 Å². The lowest BCUT2D eigenvalue weighted by Gasteiger charge is -2.11. The fourth-order valence-corrected chi connectivity index (χ4v) is 1.48. The van der Waals surface area contributed by atoms with Gasteiger partial charge < -0.3 is 15.2 Å². The highest BCUT2D eigenvalue weighted by atomic mass is 19.1. The van der Waals surface area contributed by atoms with Crippen molar-refractivity contribution >= 4 is 12.0 Å². The van der Waals surface area contributed by atoms with Crippen molar-refractivity contribution in [1.29, 1.82) is 0 Å². The van der Waals surface area contributed by atoms with E-state index in [1.165, 1.54) is 31.4 Å². The maximum Gasteiger partial charge on any atom is 0.244 e. The molecule has 0 aliphatic carbocycles. The van der Waals surface area contributed by atoms with E-state index in [9.17, 15) is 9.18 Å². The van der Waals surface area contributed by atoms with E-state index < -0.39 is 5.82 Å². The average Bonchev–Trinajstić information content (AvgIpc) is 2.42. The van der Waals surface area contributed by atoms with Gasteiger partial charge in [-0.1, -0.05) is 13.0 Å². The first-order chi connectivity index (χ1) is 9.10. The Kier molecular flexibility index (Phi) is 6.02. The van der Waals surface area contributed by atoms with Gasteiger partial charge in [-0.25, -0.2) is 4.39 Å². The van der Waals surface area contributed by atoms with Crippen molar-refractivity contribution in [2.75, 3.05) is 13.7 Å². The molecule has 2 N–H and O–H groups in total. The predicted octanol–water partition coefficient (Wildman–Crippen LogP) is 1.73. The summed E-state index contributed by atoms with van der Waals surface area (Å²) in [4.78, 5) is 11.5. The number of methoxy groups -OCH3 is 1. The zero-order valence-corrected chi connectivity index (χ0v) is 11.0. The van der Waals surface area contributed by atoms with Crippen LogP contribution in [0.25, 0.3) is 6.08 Å². The highest BCUT2D eigenvalue weighted by Gasteiger charge is 2.06. The third-order valence-electron chi connectivity index (χ3n) is 2.66. The fourth-order valence-electron chi connectivity index (χ4n) is 1.48. The lowest BCUT2D eigenvalue weighted by atomic mass is 10.2. The van der Waals surface area contributed by atoms with E-state index in [4.69, 9.17) is 9.84 Å². The van der Waals surface area contributed by atoms with Crippen molar-refractivity contribution in [3.8, 4) is 5.75 Å². The van der Waals surface area contributed by atoms with Crippen molar-refractivity contribution in [3.63, 3.8) is 0 Å². The van der Waals surface area contributed by atoms with Gasteiger partial charge in [-0.15, -0.1) is 0 Å². The van der Waals surface area contributed by atoms with Crippen LogP contribution in [0, 0.1) is 5.82 Å². The Morgan fingerprint density at radius 3 is 2.84 bits per heavy atom. The number of hydrogen-bond donors (Lipinski definition) is 2.